The number of nitrogens with zero attached hydrogens (tertiary/aromatic N) is 2. The van der Waals surface area contributed by atoms with Crippen molar-refractivity contribution in [3.63, 3.8) is 0 Å². The van der Waals surface area contributed by atoms with Crippen molar-refractivity contribution < 1.29 is 24.2 Å². The molecular weight excluding hydrogens is 456 g/mol. The van der Waals surface area contributed by atoms with Crippen LogP contribution in [0.2, 0.25) is 0 Å². The lowest BCUT2D eigenvalue weighted by molar-refractivity contribution is -0.140. The number of ether oxygens (including phenoxy) is 2. The van der Waals surface area contributed by atoms with Gasteiger partial charge in [-0.1, -0.05) is 38.6 Å². The minimum Gasteiger partial charge on any atom is -0.507 e. The van der Waals surface area contributed by atoms with Crippen molar-refractivity contribution >= 4 is 17.4 Å². The van der Waals surface area contributed by atoms with E-state index in [1.165, 1.54) is 0 Å². The summed E-state index contributed by atoms with van der Waals surface area (Å²) < 4.78 is 11.1. The molecule has 192 valence electrons. The van der Waals surface area contributed by atoms with Gasteiger partial charge in [-0.2, -0.15) is 0 Å². The highest BCUT2D eigenvalue weighted by atomic mass is 16.5. The minimum absolute atomic E-state index is 0.0896. The summed E-state index contributed by atoms with van der Waals surface area (Å²) in [5, 5.41) is 11.2. The van der Waals surface area contributed by atoms with Crippen molar-refractivity contribution in [1.29, 1.82) is 0 Å². The zero-order valence-corrected chi connectivity index (χ0v) is 21.4. The van der Waals surface area contributed by atoms with E-state index in [2.05, 4.69) is 25.3 Å². The Morgan fingerprint density at radius 1 is 1.00 bits per heavy atom. The third kappa shape index (κ3) is 6.15. The van der Waals surface area contributed by atoms with E-state index in [-0.39, 0.29) is 11.3 Å². The first-order valence-corrected chi connectivity index (χ1v) is 12.5. The first kappa shape index (κ1) is 27.0. The summed E-state index contributed by atoms with van der Waals surface area (Å²) in [6.07, 6.45) is 2.38. The number of ketones is 1. The first-order chi connectivity index (χ1) is 17.4. The smallest absolute Gasteiger partial charge is 0.295 e. The summed E-state index contributed by atoms with van der Waals surface area (Å²) in [5.74, 6) is -0.152. The molecular formula is C29H36N2O5. The van der Waals surface area contributed by atoms with Gasteiger partial charge < -0.3 is 24.4 Å². The number of Topliss-reactive ketones (excluding diaryl/α,β-unsaturated/α-hetero) is 1. The van der Waals surface area contributed by atoms with Crippen LogP contribution in [0.15, 0.2) is 66.8 Å². The monoisotopic (exact) mass is 492 g/mol. The van der Waals surface area contributed by atoms with E-state index < -0.39 is 17.7 Å². The van der Waals surface area contributed by atoms with Crippen LogP contribution in [0.1, 0.15) is 44.4 Å². The Labute approximate surface area is 213 Å². The zero-order valence-electron chi connectivity index (χ0n) is 21.4. The maximum atomic E-state index is 13.2. The van der Waals surface area contributed by atoms with E-state index in [1.807, 2.05) is 19.1 Å². The third-order valence-electron chi connectivity index (χ3n) is 6.31. The van der Waals surface area contributed by atoms with Crippen LogP contribution in [0, 0.1) is 0 Å². The molecule has 2 aromatic carbocycles. The van der Waals surface area contributed by atoms with Crippen molar-refractivity contribution in [3.8, 4) is 11.5 Å². The summed E-state index contributed by atoms with van der Waals surface area (Å²) >= 11 is 0. The van der Waals surface area contributed by atoms with Gasteiger partial charge in [0, 0.05) is 12.1 Å². The SMILES string of the molecule is C=CCOc1ccc(C2/C(=C(/O)c3ccc(OCC)cc3)C(=O)C(=O)N2CCCN(CC)CC)cc1. The number of rotatable bonds is 13. The number of hydrogen-bond acceptors (Lipinski definition) is 6. The molecule has 1 N–H and O–H groups in total. The molecule has 0 spiro atoms. The van der Waals surface area contributed by atoms with Crippen LogP contribution in [0.25, 0.3) is 5.76 Å². The van der Waals surface area contributed by atoms with E-state index in [0.717, 1.165) is 31.6 Å². The van der Waals surface area contributed by atoms with Crippen molar-refractivity contribution in [2.45, 2.75) is 33.2 Å². The van der Waals surface area contributed by atoms with Crippen molar-refractivity contribution in [3.05, 3.63) is 77.9 Å². The van der Waals surface area contributed by atoms with Gasteiger partial charge in [-0.15, -0.1) is 0 Å². The van der Waals surface area contributed by atoms with Gasteiger partial charge in [-0.3, -0.25) is 9.59 Å². The van der Waals surface area contributed by atoms with E-state index >= 15 is 0 Å². The van der Waals surface area contributed by atoms with Crippen molar-refractivity contribution in [2.75, 3.05) is 39.4 Å². The molecule has 1 amide bonds. The summed E-state index contributed by atoms with van der Waals surface area (Å²) in [6, 6.07) is 13.4. The van der Waals surface area contributed by atoms with Gasteiger partial charge in [0.1, 0.15) is 23.9 Å². The van der Waals surface area contributed by atoms with Crippen LogP contribution in [-0.2, 0) is 9.59 Å². The van der Waals surface area contributed by atoms with Crippen LogP contribution in [-0.4, -0.2) is 66.0 Å². The molecule has 7 nitrogen and oxygen atoms in total. The third-order valence-corrected chi connectivity index (χ3v) is 6.31. The molecule has 0 radical (unpaired) electrons. The molecule has 1 aliphatic rings. The molecule has 3 rings (SSSR count). The Kier molecular flexibility index (Phi) is 9.70. The highest BCUT2D eigenvalue weighted by molar-refractivity contribution is 6.46. The summed E-state index contributed by atoms with van der Waals surface area (Å²) in [5.41, 5.74) is 1.28. The number of aliphatic hydroxyl groups is 1. The second kappa shape index (κ2) is 12.9. The maximum Gasteiger partial charge on any atom is 0.295 e. The number of carbonyl (C=O) groups excluding carboxylic acids is 2. The van der Waals surface area contributed by atoms with E-state index in [0.29, 0.717) is 36.8 Å². The second-order valence-corrected chi connectivity index (χ2v) is 8.50. The number of aliphatic hydroxyl groups excluding tert-OH is 1. The highest BCUT2D eigenvalue weighted by Crippen LogP contribution is 2.40. The molecule has 1 heterocycles. The van der Waals surface area contributed by atoms with E-state index in [9.17, 15) is 14.7 Å². The van der Waals surface area contributed by atoms with Crippen LogP contribution in [0.4, 0.5) is 0 Å². The molecule has 36 heavy (non-hydrogen) atoms. The van der Waals surface area contributed by atoms with Gasteiger partial charge >= 0.3 is 0 Å². The van der Waals surface area contributed by atoms with Gasteiger partial charge in [-0.05, 0) is 74.9 Å². The largest absolute Gasteiger partial charge is 0.507 e. The normalized spacial score (nSPS) is 17.0. The van der Waals surface area contributed by atoms with Gasteiger partial charge in [0.15, 0.2) is 0 Å². The molecule has 0 saturated carbocycles. The average Bonchev–Trinajstić information content (AvgIpc) is 3.15. The van der Waals surface area contributed by atoms with E-state index in [1.54, 1.807) is 47.4 Å². The van der Waals surface area contributed by atoms with Crippen molar-refractivity contribution in [2.24, 2.45) is 0 Å². The van der Waals surface area contributed by atoms with Gasteiger partial charge in [0.25, 0.3) is 11.7 Å². The lowest BCUT2D eigenvalue weighted by atomic mass is 9.95. The quantitative estimate of drug-likeness (QED) is 0.187. The number of likely N-dealkylation sites (tertiary alicyclic amines) is 1. The first-order valence-electron chi connectivity index (χ1n) is 12.5. The number of amides is 1. The van der Waals surface area contributed by atoms with Gasteiger partial charge in [0.05, 0.1) is 18.2 Å². The topological polar surface area (TPSA) is 79.3 Å². The zero-order chi connectivity index (χ0) is 26.1. The summed E-state index contributed by atoms with van der Waals surface area (Å²) in [4.78, 5) is 30.2. The second-order valence-electron chi connectivity index (χ2n) is 8.50. The number of benzene rings is 2. The lowest BCUT2D eigenvalue weighted by Gasteiger charge is -2.27. The Morgan fingerprint density at radius 3 is 2.19 bits per heavy atom. The molecule has 0 bridgehead atoms. The number of carbonyl (C=O) groups is 2. The van der Waals surface area contributed by atoms with Crippen molar-refractivity contribution in [1.82, 2.24) is 9.80 Å². The standard InChI is InChI=1S/C29H36N2O5/c1-5-20-36-24-14-10-21(11-15-24)26-25(27(32)22-12-16-23(17-13-22)35-8-4)28(33)29(34)31(26)19-9-18-30(6-2)7-3/h5,10-17,26,32H,1,6-9,18-20H2,2-4H3/b27-25-. The molecule has 1 unspecified atom stereocenters. The van der Waals surface area contributed by atoms with E-state index in [4.69, 9.17) is 9.47 Å². The predicted molar refractivity (Wildman–Crippen MR) is 141 cm³/mol. The minimum atomic E-state index is -0.693. The maximum absolute atomic E-state index is 13.2. The molecule has 1 aliphatic heterocycles. The Balaban J connectivity index is 1.99. The molecule has 0 aliphatic carbocycles. The van der Waals surface area contributed by atoms with Crippen LogP contribution in [0.3, 0.4) is 0 Å². The highest BCUT2D eigenvalue weighted by Gasteiger charge is 2.45. The Morgan fingerprint density at radius 2 is 1.61 bits per heavy atom. The van der Waals surface area contributed by atoms with Crippen LogP contribution < -0.4 is 9.47 Å². The molecule has 1 saturated heterocycles. The molecule has 0 aromatic heterocycles. The fourth-order valence-corrected chi connectivity index (χ4v) is 4.39. The number of hydrogen-bond donors (Lipinski definition) is 1. The Bertz CT molecular complexity index is 1070. The molecule has 2 aromatic rings. The molecule has 1 fully saturated rings. The fraction of sp³-hybridized carbons (Fsp3) is 0.379. The van der Waals surface area contributed by atoms with Crippen LogP contribution in [0.5, 0.6) is 11.5 Å². The van der Waals surface area contributed by atoms with Crippen LogP contribution >= 0.6 is 0 Å². The van der Waals surface area contributed by atoms with Gasteiger partial charge in [0.2, 0.25) is 0 Å². The Hall–Kier alpha value is -3.58. The summed E-state index contributed by atoms with van der Waals surface area (Å²) in [6.45, 7) is 13.7. The average molecular weight is 493 g/mol. The fourth-order valence-electron chi connectivity index (χ4n) is 4.39. The summed E-state index contributed by atoms with van der Waals surface area (Å²) in [7, 11) is 0. The van der Waals surface area contributed by atoms with Gasteiger partial charge in [-0.25, -0.2) is 0 Å². The lowest BCUT2D eigenvalue weighted by Crippen LogP contribution is -2.33. The molecule has 1 atom stereocenters. The molecule has 7 heteroatoms. The predicted octanol–water partition coefficient (Wildman–Crippen LogP) is 4.80.